The van der Waals surface area contributed by atoms with Crippen molar-refractivity contribution < 1.29 is 4.79 Å². The molecule has 0 heterocycles. The van der Waals surface area contributed by atoms with Gasteiger partial charge in [-0.1, -0.05) is 95.2 Å². The largest absolute Gasteiger partial charge is 0.300 e. The fraction of sp³-hybridized carbons (Fsp3) is 0.593. The van der Waals surface area contributed by atoms with E-state index < -0.39 is 0 Å². The third-order valence-corrected chi connectivity index (χ3v) is 5.45. The van der Waals surface area contributed by atoms with Gasteiger partial charge in [0.15, 0.2) is 0 Å². The zero-order chi connectivity index (χ0) is 21.7. The van der Waals surface area contributed by atoms with Gasteiger partial charge < -0.3 is 0 Å². The summed E-state index contributed by atoms with van der Waals surface area (Å²) in [5.41, 5.74) is 4.40. The van der Waals surface area contributed by atoms with Crippen LogP contribution in [0.15, 0.2) is 59.3 Å². The van der Waals surface area contributed by atoms with Gasteiger partial charge >= 0.3 is 0 Å². The molecule has 0 aromatic carbocycles. The molecule has 4 atom stereocenters. The van der Waals surface area contributed by atoms with E-state index in [9.17, 15) is 4.79 Å². The molecule has 0 radical (unpaired) electrons. The summed E-state index contributed by atoms with van der Waals surface area (Å²) in [7, 11) is 0. The molecular formula is C27H44O. The molecule has 0 aliphatic heterocycles. The Kier molecular flexibility index (Phi) is 13.5. The zero-order valence-corrected chi connectivity index (χ0v) is 19.9. The molecular weight excluding hydrogens is 340 g/mol. The first-order valence-corrected chi connectivity index (χ1v) is 11.3. The summed E-state index contributed by atoms with van der Waals surface area (Å²) in [6.07, 6.45) is 18.7. The Labute approximate surface area is 175 Å². The maximum atomic E-state index is 11.3. The van der Waals surface area contributed by atoms with Gasteiger partial charge in [-0.15, -0.1) is 0 Å². The van der Waals surface area contributed by atoms with Crippen LogP contribution < -0.4 is 0 Å². The van der Waals surface area contributed by atoms with Gasteiger partial charge in [-0.2, -0.15) is 0 Å². The number of ketones is 1. The number of fused-ring (bicyclic) bond motifs is 1. The fourth-order valence-electron chi connectivity index (χ4n) is 3.56. The topological polar surface area (TPSA) is 17.1 Å². The van der Waals surface area contributed by atoms with E-state index in [-0.39, 0.29) is 5.92 Å². The molecule has 3 aliphatic carbocycles. The van der Waals surface area contributed by atoms with Crippen LogP contribution in [0.3, 0.4) is 0 Å². The van der Waals surface area contributed by atoms with E-state index >= 15 is 0 Å². The standard InChI is InChI=1S/C15H22O.C8H10.2C2H6/c1-9(12(4)16)7-10(2)14-6-5-13-8-15(13)11(14)3;1-8-6-4-2-3-5-7-8;2*1-2/h5-6,9-10,13,15H,7-8H2,1-4H3;2,4-7H,3H2,1H3;2*1-2H3. The Balaban J connectivity index is 0.000000511. The first-order valence-electron chi connectivity index (χ1n) is 11.3. The number of Topliss-reactive ketones (excluding diaryl/α,β-unsaturated/α-hetero) is 1. The van der Waals surface area contributed by atoms with Gasteiger partial charge in [0.2, 0.25) is 0 Å². The number of carbonyl (C=O) groups excluding carboxylic acids is 1. The molecule has 1 fully saturated rings. The molecule has 158 valence electrons. The quantitative estimate of drug-likeness (QED) is 0.476. The van der Waals surface area contributed by atoms with E-state index in [2.05, 4.69) is 63.3 Å². The van der Waals surface area contributed by atoms with Gasteiger partial charge in [0, 0.05) is 5.92 Å². The third kappa shape index (κ3) is 9.04. The highest BCUT2D eigenvalue weighted by Gasteiger charge is 2.39. The van der Waals surface area contributed by atoms with E-state index in [0.717, 1.165) is 24.7 Å². The van der Waals surface area contributed by atoms with Crippen molar-refractivity contribution in [3.05, 3.63) is 59.3 Å². The summed E-state index contributed by atoms with van der Waals surface area (Å²) in [6.45, 7) is 18.4. The highest BCUT2D eigenvalue weighted by Crippen LogP contribution is 2.50. The summed E-state index contributed by atoms with van der Waals surface area (Å²) in [5, 5.41) is 0. The van der Waals surface area contributed by atoms with E-state index in [1.54, 1.807) is 12.5 Å². The van der Waals surface area contributed by atoms with Crippen molar-refractivity contribution in [2.45, 2.75) is 81.6 Å². The molecule has 4 unspecified atom stereocenters. The number of rotatable bonds is 4. The minimum Gasteiger partial charge on any atom is -0.300 e. The van der Waals surface area contributed by atoms with Crippen molar-refractivity contribution in [3.8, 4) is 0 Å². The van der Waals surface area contributed by atoms with Crippen molar-refractivity contribution in [2.75, 3.05) is 0 Å². The lowest BCUT2D eigenvalue weighted by Crippen LogP contribution is -2.13. The molecule has 28 heavy (non-hydrogen) atoms. The monoisotopic (exact) mass is 384 g/mol. The Hall–Kier alpha value is -1.63. The molecule has 0 aromatic heterocycles. The molecule has 0 aromatic rings. The highest BCUT2D eigenvalue weighted by molar-refractivity contribution is 5.77. The lowest BCUT2D eigenvalue weighted by Gasteiger charge is -2.21. The van der Waals surface area contributed by atoms with Crippen LogP contribution in [0.2, 0.25) is 0 Å². The van der Waals surface area contributed by atoms with Gasteiger partial charge in [-0.05, 0) is 63.4 Å². The van der Waals surface area contributed by atoms with Crippen LogP contribution in [0, 0.1) is 23.7 Å². The average Bonchev–Trinajstić information content (AvgIpc) is 3.51. The lowest BCUT2D eigenvalue weighted by atomic mass is 9.84. The number of carbonyl (C=O) groups is 1. The summed E-state index contributed by atoms with van der Waals surface area (Å²) >= 11 is 0. The predicted octanol–water partition coefficient (Wildman–Crippen LogP) is 8.26. The molecule has 0 bridgehead atoms. The number of hydrogen-bond donors (Lipinski definition) is 0. The SMILES string of the molecule is CC.CC.CC(=O)C(C)CC(C)C1=C(C)C2CC2C=C1.CC1=CC=CCC=C1. The minimum atomic E-state index is 0.195. The molecule has 0 saturated heterocycles. The van der Waals surface area contributed by atoms with Crippen LogP contribution in [0.1, 0.15) is 81.6 Å². The second kappa shape index (κ2) is 14.4. The first kappa shape index (κ1) is 26.4. The smallest absolute Gasteiger partial charge is 0.132 e. The van der Waals surface area contributed by atoms with Gasteiger partial charge in [0.1, 0.15) is 5.78 Å². The van der Waals surface area contributed by atoms with E-state index in [4.69, 9.17) is 0 Å². The first-order chi connectivity index (χ1) is 13.4. The van der Waals surface area contributed by atoms with Crippen LogP contribution in [0.25, 0.3) is 0 Å². The van der Waals surface area contributed by atoms with Crippen LogP contribution in [0.4, 0.5) is 0 Å². The summed E-state index contributed by atoms with van der Waals surface area (Å²) in [5.74, 6) is 2.70. The van der Waals surface area contributed by atoms with Gasteiger partial charge in [-0.3, -0.25) is 4.79 Å². The van der Waals surface area contributed by atoms with Crippen molar-refractivity contribution in [1.29, 1.82) is 0 Å². The number of hydrogen-bond acceptors (Lipinski definition) is 1. The molecule has 1 nitrogen and oxygen atoms in total. The van der Waals surface area contributed by atoms with E-state index in [0.29, 0.717) is 11.7 Å². The minimum absolute atomic E-state index is 0.195. The molecule has 1 heteroatoms. The average molecular weight is 385 g/mol. The Bertz CT molecular complexity index is 612. The lowest BCUT2D eigenvalue weighted by molar-refractivity contribution is -0.120. The summed E-state index contributed by atoms with van der Waals surface area (Å²) in [4.78, 5) is 11.3. The number of allylic oxidation sites excluding steroid dienone is 10. The van der Waals surface area contributed by atoms with Crippen LogP contribution >= 0.6 is 0 Å². The van der Waals surface area contributed by atoms with Crippen molar-refractivity contribution in [2.24, 2.45) is 23.7 Å². The Morgan fingerprint density at radius 1 is 1.07 bits per heavy atom. The predicted molar refractivity (Wildman–Crippen MR) is 126 cm³/mol. The molecule has 3 aliphatic rings. The summed E-state index contributed by atoms with van der Waals surface area (Å²) < 4.78 is 0. The Morgan fingerprint density at radius 2 is 1.71 bits per heavy atom. The third-order valence-electron chi connectivity index (χ3n) is 5.45. The Morgan fingerprint density at radius 3 is 2.32 bits per heavy atom. The van der Waals surface area contributed by atoms with Crippen LogP contribution in [-0.4, -0.2) is 5.78 Å². The second-order valence-electron chi connectivity index (χ2n) is 7.63. The second-order valence-corrected chi connectivity index (χ2v) is 7.63. The van der Waals surface area contributed by atoms with E-state index in [1.807, 2.05) is 34.6 Å². The van der Waals surface area contributed by atoms with Gasteiger partial charge in [0.25, 0.3) is 0 Å². The fourth-order valence-corrected chi connectivity index (χ4v) is 3.56. The van der Waals surface area contributed by atoms with Gasteiger partial charge in [-0.25, -0.2) is 0 Å². The normalized spacial score (nSPS) is 23.2. The molecule has 0 spiro atoms. The highest BCUT2D eigenvalue weighted by atomic mass is 16.1. The molecule has 0 amide bonds. The van der Waals surface area contributed by atoms with Crippen LogP contribution in [0.5, 0.6) is 0 Å². The van der Waals surface area contributed by atoms with Gasteiger partial charge in [0.05, 0.1) is 0 Å². The van der Waals surface area contributed by atoms with Crippen LogP contribution in [-0.2, 0) is 4.79 Å². The molecule has 0 N–H and O–H groups in total. The van der Waals surface area contributed by atoms with Crippen molar-refractivity contribution in [1.82, 2.24) is 0 Å². The maximum Gasteiger partial charge on any atom is 0.132 e. The van der Waals surface area contributed by atoms with Crippen molar-refractivity contribution >= 4 is 5.78 Å². The van der Waals surface area contributed by atoms with Crippen molar-refractivity contribution in [3.63, 3.8) is 0 Å². The molecule has 1 saturated carbocycles. The molecule has 3 rings (SSSR count). The van der Waals surface area contributed by atoms with E-state index in [1.165, 1.54) is 17.6 Å². The summed E-state index contributed by atoms with van der Waals surface area (Å²) in [6, 6.07) is 0. The zero-order valence-electron chi connectivity index (χ0n) is 19.9. The maximum absolute atomic E-state index is 11.3.